The molecule has 0 spiro atoms. The summed E-state index contributed by atoms with van der Waals surface area (Å²) in [5.41, 5.74) is 3.16. The molecule has 2 rings (SSSR count). The van der Waals surface area contributed by atoms with Gasteiger partial charge in [0.2, 0.25) is 5.91 Å². The van der Waals surface area contributed by atoms with Gasteiger partial charge in [-0.3, -0.25) is 4.79 Å². The average Bonchev–Trinajstić information content (AvgIpc) is 2.93. The number of hydrogen-bond donors (Lipinski definition) is 3. The molecule has 0 atom stereocenters. The normalized spacial score (nSPS) is 11.0. The second kappa shape index (κ2) is 8.51. The van der Waals surface area contributed by atoms with Gasteiger partial charge in [0.25, 0.3) is 0 Å². The minimum atomic E-state index is 0.0470. The van der Waals surface area contributed by atoms with Gasteiger partial charge in [0.15, 0.2) is 0 Å². The second-order valence-corrected chi connectivity index (χ2v) is 5.25. The highest BCUT2D eigenvalue weighted by Gasteiger charge is 2.07. The maximum absolute atomic E-state index is 11.8. The SMILES string of the molecule is COCCNCCNC(=O)CCc1nc2c(C)cccc2[nH]1. The first kappa shape index (κ1) is 16.5. The Morgan fingerprint density at radius 2 is 2.18 bits per heavy atom. The van der Waals surface area contributed by atoms with Crippen molar-refractivity contribution in [3.05, 3.63) is 29.6 Å². The molecule has 22 heavy (non-hydrogen) atoms. The third kappa shape index (κ3) is 4.82. The number of hydrogen-bond acceptors (Lipinski definition) is 4. The molecule has 0 fully saturated rings. The molecule has 0 unspecified atom stereocenters. The van der Waals surface area contributed by atoms with Gasteiger partial charge in [0, 0.05) is 39.6 Å². The quantitative estimate of drug-likeness (QED) is 0.607. The Labute approximate surface area is 130 Å². The van der Waals surface area contributed by atoms with Gasteiger partial charge < -0.3 is 20.4 Å². The van der Waals surface area contributed by atoms with Crippen LogP contribution in [0, 0.1) is 6.92 Å². The van der Waals surface area contributed by atoms with Crippen molar-refractivity contribution in [1.82, 2.24) is 20.6 Å². The summed E-state index contributed by atoms with van der Waals surface area (Å²) >= 11 is 0. The molecule has 6 heteroatoms. The molecule has 1 aromatic carbocycles. The number of methoxy groups -OCH3 is 1. The number of rotatable bonds is 9. The summed E-state index contributed by atoms with van der Waals surface area (Å²) in [6.45, 7) is 4.89. The number of imidazole rings is 1. The van der Waals surface area contributed by atoms with Crippen LogP contribution >= 0.6 is 0 Å². The molecule has 0 saturated carbocycles. The third-order valence-electron chi connectivity index (χ3n) is 3.46. The Morgan fingerprint density at radius 1 is 1.32 bits per heavy atom. The molecular weight excluding hydrogens is 280 g/mol. The van der Waals surface area contributed by atoms with E-state index in [1.165, 1.54) is 0 Å². The maximum atomic E-state index is 11.8. The van der Waals surface area contributed by atoms with Gasteiger partial charge >= 0.3 is 0 Å². The van der Waals surface area contributed by atoms with Crippen molar-refractivity contribution >= 4 is 16.9 Å². The molecule has 0 aliphatic carbocycles. The van der Waals surface area contributed by atoms with Gasteiger partial charge in [-0.05, 0) is 18.6 Å². The van der Waals surface area contributed by atoms with Gasteiger partial charge in [-0.25, -0.2) is 4.98 Å². The van der Waals surface area contributed by atoms with Crippen molar-refractivity contribution in [2.24, 2.45) is 0 Å². The lowest BCUT2D eigenvalue weighted by molar-refractivity contribution is -0.121. The summed E-state index contributed by atoms with van der Waals surface area (Å²) in [7, 11) is 1.67. The predicted molar refractivity (Wildman–Crippen MR) is 86.9 cm³/mol. The number of fused-ring (bicyclic) bond motifs is 1. The lowest BCUT2D eigenvalue weighted by atomic mass is 10.2. The van der Waals surface area contributed by atoms with Crippen LogP contribution in [0.5, 0.6) is 0 Å². The molecule has 0 aliphatic rings. The summed E-state index contributed by atoms with van der Waals surface area (Å²) in [5, 5.41) is 6.07. The van der Waals surface area contributed by atoms with E-state index in [1.807, 2.05) is 25.1 Å². The molecule has 0 radical (unpaired) electrons. The predicted octanol–water partition coefficient (Wildman–Crippen LogP) is 1.16. The van der Waals surface area contributed by atoms with E-state index < -0.39 is 0 Å². The number of nitrogens with one attached hydrogen (secondary N) is 3. The zero-order valence-electron chi connectivity index (χ0n) is 13.2. The van der Waals surface area contributed by atoms with E-state index in [2.05, 4.69) is 20.6 Å². The number of carbonyl (C=O) groups is 1. The minimum absolute atomic E-state index is 0.0470. The summed E-state index contributed by atoms with van der Waals surface area (Å²) < 4.78 is 4.93. The second-order valence-electron chi connectivity index (χ2n) is 5.25. The van der Waals surface area contributed by atoms with Crippen LogP contribution in [0.3, 0.4) is 0 Å². The molecule has 1 aromatic heterocycles. The fraction of sp³-hybridized carbons (Fsp3) is 0.500. The molecule has 120 valence electrons. The largest absolute Gasteiger partial charge is 0.383 e. The van der Waals surface area contributed by atoms with Crippen LogP contribution in [0.1, 0.15) is 17.8 Å². The van der Waals surface area contributed by atoms with Crippen LogP contribution < -0.4 is 10.6 Å². The Kier molecular flexibility index (Phi) is 6.36. The Morgan fingerprint density at radius 3 is 2.95 bits per heavy atom. The van der Waals surface area contributed by atoms with Crippen LogP contribution in [-0.4, -0.2) is 49.2 Å². The molecule has 1 heterocycles. The Hall–Kier alpha value is -1.92. The number of benzene rings is 1. The first-order chi connectivity index (χ1) is 10.7. The van der Waals surface area contributed by atoms with Gasteiger partial charge in [0.1, 0.15) is 5.82 Å². The van der Waals surface area contributed by atoms with Gasteiger partial charge in [-0.1, -0.05) is 12.1 Å². The van der Waals surface area contributed by atoms with E-state index >= 15 is 0 Å². The lowest BCUT2D eigenvalue weighted by Crippen LogP contribution is -2.33. The highest BCUT2D eigenvalue weighted by Crippen LogP contribution is 2.15. The number of carbonyl (C=O) groups excluding carboxylic acids is 1. The van der Waals surface area contributed by atoms with Gasteiger partial charge in [0.05, 0.1) is 17.6 Å². The van der Waals surface area contributed by atoms with Crippen LogP contribution in [0.4, 0.5) is 0 Å². The van der Waals surface area contributed by atoms with E-state index in [1.54, 1.807) is 7.11 Å². The standard InChI is InChI=1S/C16H24N4O2/c1-12-4-3-5-13-16(12)20-14(19-13)6-7-15(21)18-9-8-17-10-11-22-2/h3-5,17H,6-11H2,1-2H3,(H,18,21)(H,19,20). The van der Waals surface area contributed by atoms with Crippen molar-refractivity contribution < 1.29 is 9.53 Å². The molecule has 0 aliphatic heterocycles. The van der Waals surface area contributed by atoms with Crippen LogP contribution in [-0.2, 0) is 16.0 Å². The first-order valence-corrected chi connectivity index (χ1v) is 7.61. The highest BCUT2D eigenvalue weighted by atomic mass is 16.5. The number of aryl methyl sites for hydroxylation is 2. The van der Waals surface area contributed by atoms with Crippen molar-refractivity contribution in [1.29, 1.82) is 0 Å². The molecule has 3 N–H and O–H groups in total. The van der Waals surface area contributed by atoms with Crippen LogP contribution in [0.25, 0.3) is 11.0 Å². The zero-order chi connectivity index (χ0) is 15.8. The highest BCUT2D eigenvalue weighted by molar-refractivity contribution is 5.79. The average molecular weight is 304 g/mol. The van der Waals surface area contributed by atoms with Crippen molar-refractivity contribution in [2.75, 3.05) is 33.4 Å². The number of nitrogens with zero attached hydrogens (tertiary/aromatic N) is 1. The lowest BCUT2D eigenvalue weighted by Gasteiger charge is -2.06. The van der Waals surface area contributed by atoms with E-state index in [-0.39, 0.29) is 5.91 Å². The van der Waals surface area contributed by atoms with E-state index in [4.69, 9.17) is 4.74 Å². The van der Waals surface area contributed by atoms with E-state index in [9.17, 15) is 4.79 Å². The summed E-state index contributed by atoms with van der Waals surface area (Å²) in [5.74, 6) is 0.906. The van der Waals surface area contributed by atoms with E-state index in [0.29, 0.717) is 26.0 Å². The summed E-state index contributed by atoms with van der Waals surface area (Å²) in [4.78, 5) is 19.6. The first-order valence-electron chi connectivity index (χ1n) is 7.61. The number of amides is 1. The topological polar surface area (TPSA) is 79.0 Å². The van der Waals surface area contributed by atoms with Gasteiger partial charge in [-0.2, -0.15) is 0 Å². The van der Waals surface area contributed by atoms with Gasteiger partial charge in [-0.15, -0.1) is 0 Å². The fourth-order valence-corrected chi connectivity index (χ4v) is 2.25. The van der Waals surface area contributed by atoms with Crippen molar-refractivity contribution in [3.8, 4) is 0 Å². The van der Waals surface area contributed by atoms with Crippen molar-refractivity contribution in [2.45, 2.75) is 19.8 Å². The number of para-hydroxylation sites is 1. The monoisotopic (exact) mass is 304 g/mol. The van der Waals surface area contributed by atoms with Crippen molar-refractivity contribution in [3.63, 3.8) is 0 Å². The maximum Gasteiger partial charge on any atom is 0.220 e. The number of aromatic amines is 1. The molecule has 6 nitrogen and oxygen atoms in total. The Bertz CT molecular complexity index is 609. The minimum Gasteiger partial charge on any atom is -0.383 e. The number of aromatic nitrogens is 2. The summed E-state index contributed by atoms with van der Waals surface area (Å²) in [6, 6.07) is 6.05. The zero-order valence-corrected chi connectivity index (χ0v) is 13.2. The number of H-pyrrole nitrogens is 1. The molecule has 2 aromatic rings. The van der Waals surface area contributed by atoms with Crippen LogP contribution in [0.15, 0.2) is 18.2 Å². The Balaban J connectivity index is 1.70. The smallest absolute Gasteiger partial charge is 0.220 e. The third-order valence-corrected chi connectivity index (χ3v) is 3.46. The molecule has 0 bridgehead atoms. The van der Waals surface area contributed by atoms with Crippen LogP contribution in [0.2, 0.25) is 0 Å². The fourth-order valence-electron chi connectivity index (χ4n) is 2.25. The number of ether oxygens (including phenoxy) is 1. The summed E-state index contributed by atoms with van der Waals surface area (Å²) in [6.07, 6.45) is 1.06. The molecule has 1 amide bonds. The van der Waals surface area contributed by atoms with E-state index in [0.717, 1.165) is 35.5 Å². The molecular formula is C16H24N4O2. The molecule has 0 saturated heterocycles.